The summed E-state index contributed by atoms with van der Waals surface area (Å²) in [5.74, 6) is -1.75. The SMILES string of the molecule is COC(=O)[C@]1(C)[C@H](O)[C@H](O)C[C@@]2(C)[C@H]1CC[C@]1(C)[C@@H]2CC=C2[C@H]3[C@](C(=O)O)(CC[C@@H](C)[C@@]3(C)O)CC[C@]21C. The molecule has 0 aromatic heterocycles. The molecule has 0 unspecified atom stereocenters. The third-order valence-electron chi connectivity index (χ3n) is 13.7. The molecule has 214 valence electrons. The zero-order chi connectivity index (χ0) is 28.3. The first-order chi connectivity index (χ1) is 17.5. The number of fused-ring (bicyclic) bond motifs is 7. The molecule has 5 aliphatic carbocycles. The molecule has 0 aliphatic heterocycles. The van der Waals surface area contributed by atoms with Gasteiger partial charge < -0.3 is 25.2 Å². The summed E-state index contributed by atoms with van der Waals surface area (Å²) in [5, 5.41) is 44.7. The standard InChI is InChI=1S/C31H48O7/c1-17-10-13-31(24(34)35)15-14-27(3)18(22(31)30(17,6)37)8-9-20-26(2)16-19(32)23(33)29(5,25(36)38-7)21(26)11-12-28(20,27)4/h8,17,19-23,32-33,37H,9-16H2,1-7H3,(H,34,35)/t17-,19-,20-,21-,22-,23-,26-,27-,28-,29+,30-,31+/m1/s1. The molecule has 7 nitrogen and oxygen atoms in total. The van der Waals surface area contributed by atoms with Gasteiger partial charge in [-0.15, -0.1) is 0 Å². The molecule has 0 radical (unpaired) electrons. The average Bonchev–Trinajstić information content (AvgIpc) is 2.84. The van der Waals surface area contributed by atoms with Crippen molar-refractivity contribution in [3.8, 4) is 0 Å². The Morgan fingerprint density at radius 3 is 2.24 bits per heavy atom. The van der Waals surface area contributed by atoms with Crippen LogP contribution in [0.15, 0.2) is 11.6 Å². The Hall–Kier alpha value is -1.44. The van der Waals surface area contributed by atoms with Crippen LogP contribution in [0.3, 0.4) is 0 Å². The number of methoxy groups -OCH3 is 1. The fraction of sp³-hybridized carbons (Fsp3) is 0.871. The second kappa shape index (κ2) is 8.29. The van der Waals surface area contributed by atoms with E-state index >= 15 is 0 Å². The Balaban J connectivity index is 1.65. The van der Waals surface area contributed by atoms with Gasteiger partial charge in [0.1, 0.15) is 0 Å². The van der Waals surface area contributed by atoms with E-state index in [1.54, 1.807) is 6.92 Å². The zero-order valence-electron chi connectivity index (χ0n) is 24.2. The lowest BCUT2D eigenvalue weighted by Crippen LogP contribution is -2.70. The third kappa shape index (κ3) is 3.07. The Morgan fingerprint density at radius 1 is 0.974 bits per heavy atom. The molecule has 4 saturated carbocycles. The smallest absolute Gasteiger partial charge is 0.314 e. The van der Waals surface area contributed by atoms with Gasteiger partial charge in [-0.3, -0.25) is 9.59 Å². The second-order valence-corrected chi connectivity index (χ2v) is 14.8. The number of rotatable bonds is 2. The maximum Gasteiger partial charge on any atom is 0.314 e. The van der Waals surface area contributed by atoms with Crippen molar-refractivity contribution in [2.45, 2.75) is 111 Å². The molecule has 12 atom stereocenters. The summed E-state index contributed by atoms with van der Waals surface area (Å²) in [6, 6.07) is 0. The van der Waals surface area contributed by atoms with Crippen molar-refractivity contribution in [3.05, 3.63) is 11.6 Å². The van der Waals surface area contributed by atoms with Crippen LogP contribution in [0, 0.1) is 50.7 Å². The van der Waals surface area contributed by atoms with Crippen molar-refractivity contribution in [2.75, 3.05) is 7.11 Å². The Kier molecular flexibility index (Phi) is 6.13. The zero-order valence-corrected chi connectivity index (χ0v) is 24.2. The first-order valence-corrected chi connectivity index (χ1v) is 14.6. The van der Waals surface area contributed by atoms with Gasteiger partial charge in [-0.2, -0.15) is 0 Å². The molecular formula is C31H48O7. The summed E-state index contributed by atoms with van der Waals surface area (Å²) in [6.07, 6.45) is 5.21. The molecule has 5 rings (SSSR count). The summed E-state index contributed by atoms with van der Waals surface area (Å²) in [7, 11) is 1.34. The maximum atomic E-state index is 13.1. The Bertz CT molecular complexity index is 1070. The quantitative estimate of drug-likeness (QED) is 0.308. The molecule has 0 heterocycles. The predicted octanol–water partition coefficient (Wildman–Crippen LogP) is 4.33. The average molecular weight is 533 g/mol. The monoisotopic (exact) mass is 532 g/mol. The van der Waals surface area contributed by atoms with Gasteiger partial charge in [0.05, 0.1) is 35.7 Å². The molecular weight excluding hydrogens is 484 g/mol. The predicted molar refractivity (Wildman–Crippen MR) is 142 cm³/mol. The lowest BCUT2D eigenvalue weighted by atomic mass is 9.33. The van der Waals surface area contributed by atoms with Crippen molar-refractivity contribution in [1.82, 2.24) is 0 Å². The van der Waals surface area contributed by atoms with Crippen molar-refractivity contribution in [1.29, 1.82) is 0 Å². The van der Waals surface area contributed by atoms with E-state index in [0.717, 1.165) is 18.4 Å². The molecule has 38 heavy (non-hydrogen) atoms. The van der Waals surface area contributed by atoms with E-state index in [9.17, 15) is 30.0 Å². The van der Waals surface area contributed by atoms with Crippen molar-refractivity contribution in [2.24, 2.45) is 50.7 Å². The summed E-state index contributed by atoms with van der Waals surface area (Å²) >= 11 is 0. The first kappa shape index (κ1) is 28.1. The normalized spacial score (nSPS) is 55.9. The molecule has 4 N–H and O–H groups in total. The van der Waals surface area contributed by atoms with Crippen molar-refractivity contribution >= 4 is 11.9 Å². The largest absolute Gasteiger partial charge is 0.481 e. The van der Waals surface area contributed by atoms with Gasteiger partial charge in [0.15, 0.2) is 0 Å². The minimum absolute atomic E-state index is 0.00208. The van der Waals surface area contributed by atoms with Crippen LogP contribution in [0.2, 0.25) is 0 Å². The summed E-state index contributed by atoms with van der Waals surface area (Å²) in [6.45, 7) is 12.4. The highest BCUT2D eigenvalue weighted by molar-refractivity contribution is 5.78. The maximum absolute atomic E-state index is 13.1. The minimum atomic E-state index is -1.21. The van der Waals surface area contributed by atoms with Crippen LogP contribution in [-0.2, 0) is 14.3 Å². The summed E-state index contributed by atoms with van der Waals surface area (Å²) in [5.41, 5.74) is -3.15. The number of esters is 1. The molecule has 0 aromatic rings. The number of ether oxygens (including phenoxy) is 1. The minimum Gasteiger partial charge on any atom is -0.481 e. The van der Waals surface area contributed by atoms with Crippen LogP contribution < -0.4 is 0 Å². The van der Waals surface area contributed by atoms with Crippen LogP contribution in [0.4, 0.5) is 0 Å². The second-order valence-electron chi connectivity index (χ2n) is 14.8. The van der Waals surface area contributed by atoms with Crippen molar-refractivity contribution < 1.29 is 34.8 Å². The van der Waals surface area contributed by atoms with Gasteiger partial charge in [0.25, 0.3) is 0 Å². The van der Waals surface area contributed by atoms with Gasteiger partial charge in [0, 0.05) is 5.92 Å². The molecule has 0 amide bonds. The molecule has 4 fully saturated rings. The summed E-state index contributed by atoms with van der Waals surface area (Å²) < 4.78 is 5.19. The topological polar surface area (TPSA) is 124 Å². The Labute approximate surface area is 227 Å². The lowest BCUT2D eigenvalue weighted by Gasteiger charge is -2.71. The molecule has 0 aromatic carbocycles. The number of carboxylic acids is 1. The highest BCUT2D eigenvalue weighted by atomic mass is 16.5. The van der Waals surface area contributed by atoms with Crippen LogP contribution in [0.1, 0.15) is 92.9 Å². The van der Waals surface area contributed by atoms with Crippen molar-refractivity contribution in [3.63, 3.8) is 0 Å². The highest BCUT2D eigenvalue weighted by Gasteiger charge is 2.73. The van der Waals surface area contributed by atoms with E-state index in [1.165, 1.54) is 7.11 Å². The van der Waals surface area contributed by atoms with Gasteiger partial charge in [0.2, 0.25) is 0 Å². The van der Waals surface area contributed by atoms with Gasteiger partial charge in [-0.1, -0.05) is 39.3 Å². The van der Waals surface area contributed by atoms with E-state index in [1.807, 2.05) is 13.8 Å². The number of carbonyl (C=O) groups excluding carboxylic acids is 1. The third-order valence-corrected chi connectivity index (χ3v) is 13.7. The summed E-state index contributed by atoms with van der Waals surface area (Å²) in [4.78, 5) is 26.0. The number of carbonyl (C=O) groups is 2. The molecule has 0 saturated heterocycles. The lowest BCUT2D eigenvalue weighted by molar-refractivity contribution is -0.244. The van der Waals surface area contributed by atoms with Crippen LogP contribution >= 0.6 is 0 Å². The molecule has 0 bridgehead atoms. The molecule has 5 aliphatic rings. The highest BCUT2D eigenvalue weighted by Crippen LogP contribution is 2.76. The van der Waals surface area contributed by atoms with E-state index < -0.39 is 51.9 Å². The van der Waals surface area contributed by atoms with Crippen LogP contribution in [0.5, 0.6) is 0 Å². The number of aliphatic hydroxyl groups is 3. The fourth-order valence-electron chi connectivity index (χ4n) is 11.1. The molecule has 0 spiro atoms. The van der Waals surface area contributed by atoms with Gasteiger partial charge in [-0.05, 0) is 99.2 Å². The van der Waals surface area contributed by atoms with Crippen LogP contribution in [-0.4, -0.2) is 57.3 Å². The fourth-order valence-corrected chi connectivity index (χ4v) is 11.1. The number of aliphatic carboxylic acids is 1. The van der Waals surface area contributed by atoms with Crippen LogP contribution in [0.25, 0.3) is 0 Å². The van der Waals surface area contributed by atoms with Gasteiger partial charge >= 0.3 is 11.9 Å². The van der Waals surface area contributed by atoms with E-state index in [4.69, 9.17) is 4.74 Å². The number of allylic oxidation sites excluding steroid dienone is 1. The first-order valence-electron chi connectivity index (χ1n) is 14.6. The number of hydrogen-bond donors (Lipinski definition) is 4. The number of hydrogen-bond acceptors (Lipinski definition) is 6. The van der Waals surface area contributed by atoms with Gasteiger partial charge in [-0.25, -0.2) is 0 Å². The van der Waals surface area contributed by atoms with E-state index in [0.29, 0.717) is 38.5 Å². The van der Waals surface area contributed by atoms with E-state index in [2.05, 4.69) is 26.8 Å². The number of aliphatic hydroxyl groups excluding tert-OH is 2. The number of carboxylic acid groups (broad SMARTS) is 1. The Morgan fingerprint density at radius 2 is 1.63 bits per heavy atom. The molecule has 7 heteroatoms. The van der Waals surface area contributed by atoms with E-state index in [-0.39, 0.29) is 28.6 Å².